The van der Waals surface area contributed by atoms with Crippen molar-refractivity contribution in [2.45, 2.75) is 30.9 Å². The summed E-state index contributed by atoms with van der Waals surface area (Å²) < 4.78 is 10.4. The normalized spacial score (nSPS) is 25.2. The molecule has 0 aliphatic heterocycles. The molecule has 0 bridgehead atoms. The number of non-ortho nitro benzene ring substituents is 1. The summed E-state index contributed by atoms with van der Waals surface area (Å²) in [7, 11) is 1.31. The van der Waals surface area contributed by atoms with E-state index in [0.717, 1.165) is 0 Å². The molecule has 0 spiro atoms. The van der Waals surface area contributed by atoms with Crippen molar-refractivity contribution in [2.75, 3.05) is 7.11 Å². The molecule has 0 saturated heterocycles. The second-order valence-corrected chi connectivity index (χ2v) is 4.88. The summed E-state index contributed by atoms with van der Waals surface area (Å²) >= 11 is 0. The molecule has 1 aliphatic rings. The fourth-order valence-corrected chi connectivity index (χ4v) is 2.36. The summed E-state index contributed by atoms with van der Waals surface area (Å²) in [6.07, 6.45) is 1.32. The molecule has 1 aromatic rings. The molecule has 1 saturated carbocycles. The molecule has 2 unspecified atom stereocenters. The highest BCUT2D eigenvalue weighted by Crippen LogP contribution is 2.32. The van der Waals surface area contributed by atoms with Crippen LogP contribution in [0.4, 0.5) is 5.69 Å². The van der Waals surface area contributed by atoms with E-state index in [1.807, 2.05) is 0 Å². The molecule has 1 aliphatic carbocycles. The molecular formula is C13H16N2O5. The van der Waals surface area contributed by atoms with Gasteiger partial charge in [-0.15, -0.1) is 0 Å². The van der Waals surface area contributed by atoms with Crippen molar-refractivity contribution in [1.82, 2.24) is 0 Å². The lowest BCUT2D eigenvalue weighted by Gasteiger charge is -2.20. The summed E-state index contributed by atoms with van der Waals surface area (Å²) in [6.45, 7) is 0. The second-order valence-electron chi connectivity index (χ2n) is 4.88. The summed E-state index contributed by atoms with van der Waals surface area (Å²) in [6, 6.07) is 5.82. The van der Waals surface area contributed by atoms with Crippen molar-refractivity contribution < 1.29 is 19.2 Å². The van der Waals surface area contributed by atoms with Crippen LogP contribution in [0.2, 0.25) is 0 Å². The van der Waals surface area contributed by atoms with Crippen LogP contribution in [0.5, 0.6) is 5.75 Å². The van der Waals surface area contributed by atoms with Gasteiger partial charge in [0.05, 0.1) is 12.0 Å². The first kappa shape index (κ1) is 14.3. The first-order valence-corrected chi connectivity index (χ1v) is 6.23. The van der Waals surface area contributed by atoms with Gasteiger partial charge in [-0.1, -0.05) is 0 Å². The number of benzene rings is 1. The molecule has 0 amide bonds. The van der Waals surface area contributed by atoms with Gasteiger partial charge in [0.25, 0.3) is 5.69 Å². The van der Waals surface area contributed by atoms with Crippen molar-refractivity contribution in [1.29, 1.82) is 0 Å². The number of hydrogen-bond donors (Lipinski definition) is 1. The Labute approximate surface area is 115 Å². The molecular weight excluding hydrogens is 264 g/mol. The van der Waals surface area contributed by atoms with Crippen LogP contribution >= 0.6 is 0 Å². The number of nitro groups is 1. The highest BCUT2D eigenvalue weighted by Gasteiger charge is 2.44. The highest BCUT2D eigenvalue weighted by atomic mass is 16.6. The minimum absolute atomic E-state index is 0.00602. The van der Waals surface area contributed by atoms with Gasteiger partial charge in [-0.05, 0) is 25.0 Å². The zero-order chi connectivity index (χ0) is 14.8. The van der Waals surface area contributed by atoms with E-state index in [0.29, 0.717) is 25.0 Å². The van der Waals surface area contributed by atoms with E-state index in [9.17, 15) is 14.9 Å². The Morgan fingerprint density at radius 2 is 2.10 bits per heavy atom. The van der Waals surface area contributed by atoms with Crippen molar-refractivity contribution in [3.8, 4) is 5.75 Å². The van der Waals surface area contributed by atoms with Gasteiger partial charge in [-0.25, -0.2) is 0 Å². The lowest BCUT2D eigenvalue weighted by Crippen LogP contribution is -2.47. The Morgan fingerprint density at radius 1 is 1.45 bits per heavy atom. The van der Waals surface area contributed by atoms with Gasteiger partial charge in [0, 0.05) is 18.6 Å². The molecule has 2 atom stereocenters. The van der Waals surface area contributed by atoms with Gasteiger partial charge in [0.2, 0.25) is 0 Å². The average Bonchev–Trinajstić information content (AvgIpc) is 2.81. The summed E-state index contributed by atoms with van der Waals surface area (Å²) in [4.78, 5) is 21.7. The van der Waals surface area contributed by atoms with E-state index >= 15 is 0 Å². The maximum absolute atomic E-state index is 11.6. The molecule has 1 fully saturated rings. The predicted molar refractivity (Wildman–Crippen MR) is 70.3 cm³/mol. The zero-order valence-electron chi connectivity index (χ0n) is 11.1. The van der Waals surface area contributed by atoms with Crippen LogP contribution in [0.15, 0.2) is 24.3 Å². The van der Waals surface area contributed by atoms with Crippen LogP contribution in [0, 0.1) is 10.1 Å². The highest BCUT2D eigenvalue weighted by molar-refractivity contribution is 5.80. The van der Waals surface area contributed by atoms with E-state index in [-0.39, 0.29) is 11.8 Å². The zero-order valence-corrected chi connectivity index (χ0v) is 11.1. The van der Waals surface area contributed by atoms with E-state index in [2.05, 4.69) is 4.74 Å². The summed E-state index contributed by atoms with van der Waals surface area (Å²) in [5.41, 5.74) is 4.98. The van der Waals surface area contributed by atoms with Crippen molar-refractivity contribution in [2.24, 2.45) is 5.73 Å². The van der Waals surface area contributed by atoms with E-state index in [1.165, 1.54) is 31.4 Å². The Bertz CT molecular complexity index is 516. The molecule has 0 radical (unpaired) electrons. The SMILES string of the molecule is COC(=O)C1(N)CCC(Oc2ccc([N+](=O)[O-])cc2)C1. The van der Waals surface area contributed by atoms with Gasteiger partial charge in [-0.3, -0.25) is 14.9 Å². The number of nitrogens with two attached hydrogens (primary N) is 1. The topological polar surface area (TPSA) is 105 Å². The van der Waals surface area contributed by atoms with Crippen LogP contribution in [0.25, 0.3) is 0 Å². The van der Waals surface area contributed by atoms with Crippen molar-refractivity contribution in [3.05, 3.63) is 34.4 Å². The maximum Gasteiger partial charge on any atom is 0.325 e. The van der Waals surface area contributed by atoms with Gasteiger partial charge < -0.3 is 15.2 Å². The summed E-state index contributed by atoms with van der Waals surface area (Å²) in [5, 5.41) is 10.5. The van der Waals surface area contributed by atoms with Crippen LogP contribution < -0.4 is 10.5 Å². The third kappa shape index (κ3) is 2.88. The Kier molecular flexibility index (Phi) is 3.89. The minimum atomic E-state index is -1.000. The number of esters is 1. The molecule has 0 aromatic heterocycles. The second kappa shape index (κ2) is 5.46. The number of methoxy groups -OCH3 is 1. The molecule has 20 heavy (non-hydrogen) atoms. The van der Waals surface area contributed by atoms with Crippen LogP contribution in [0.3, 0.4) is 0 Å². The molecule has 2 rings (SSSR count). The number of carbonyl (C=O) groups is 1. The van der Waals surface area contributed by atoms with Crippen LogP contribution in [-0.2, 0) is 9.53 Å². The Morgan fingerprint density at radius 3 is 2.65 bits per heavy atom. The van der Waals surface area contributed by atoms with Gasteiger partial charge in [-0.2, -0.15) is 0 Å². The number of nitrogens with zero attached hydrogens (tertiary/aromatic N) is 1. The number of hydrogen-bond acceptors (Lipinski definition) is 6. The molecule has 7 nitrogen and oxygen atoms in total. The number of carbonyl (C=O) groups excluding carboxylic acids is 1. The van der Waals surface area contributed by atoms with Gasteiger partial charge >= 0.3 is 5.97 Å². The van der Waals surface area contributed by atoms with Crippen molar-refractivity contribution in [3.63, 3.8) is 0 Å². The molecule has 108 valence electrons. The molecule has 0 heterocycles. The third-order valence-electron chi connectivity index (χ3n) is 3.45. The maximum atomic E-state index is 11.6. The van der Waals surface area contributed by atoms with E-state index in [4.69, 9.17) is 10.5 Å². The predicted octanol–water partition coefficient (Wildman–Crippen LogP) is 1.40. The fourth-order valence-electron chi connectivity index (χ4n) is 2.36. The average molecular weight is 280 g/mol. The van der Waals surface area contributed by atoms with Crippen LogP contribution in [-0.4, -0.2) is 29.6 Å². The molecule has 7 heteroatoms. The Balaban J connectivity index is 1.98. The monoisotopic (exact) mass is 280 g/mol. The number of ether oxygens (including phenoxy) is 2. The smallest absolute Gasteiger partial charge is 0.325 e. The van der Waals surface area contributed by atoms with E-state index in [1.54, 1.807) is 0 Å². The first-order chi connectivity index (χ1) is 9.44. The largest absolute Gasteiger partial charge is 0.490 e. The first-order valence-electron chi connectivity index (χ1n) is 6.23. The Hall–Kier alpha value is -2.15. The standard InChI is InChI=1S/C13H16N2O5/c1-19-12(16)13(14)7-6-11(8-13)20-10-4-2-9(3-5-10)15(17)18/h2-5,11H,6-8,14H2,1H3. The minimum Gasteiger partial charge on any atom is -0.490 e. The third-order valence-corrected chi connectivity index (χ3v) is 3.45. The van der Waals surface area contributed by atoms with Gasteiger partial charge in [0.15, 0.2) is 0 Å². The molecule has 1 aromatic carbocycles. The lowest BCUT2D eigenvalue weighted by atomic mass is 10.00. The number of rotatable bonds is 4. The van der Waals surface area contributed by atoms with Gasteiger partial charge in [0.1, 0.15) is 17.4 Å². The van der Waals surface area contributed by atoms with Crippen molar-refractivity contribution >= 4 is 11.7 Å². The molecule has 2 N–H and O–H groups in total. The van der Waals surface area contributed by atoms with E-state index < -0.39 is 16.4 Å². The van der Waals surface area contributed by atoms with Crippen LogP contribution in [0.1, 0.15) is 19.3 Å². The fraction of sp³-hybridized carbons (Fsp3) is 0.462. The quantitative estimate of drug-likeness (QED) is 0.507. The number of nitro benzene ring substituents is 1. The summed E-state index contributed by atoms with van der Waals surface area (Å²) in [5.74, 6) is 0.0852. The lowest BCUT2D eigenvalue weighted by molar-refractivity contribution is -0.384.